The largest absolute Gasteiger partial charge is 0.369 e. The number of hydrogen-bond donors (Lipinski definition) is 1. The Morgan fingerprint density at radius 2 is 1.90 bits per heavy atom. The summed E-state index contributed by atoms with van der Waals surface area (Å²) < 4.78 is 0. The summed E-state index contributed by atoms with van der Waals surface area (Å²) >= 11 is 0. The maximum atomic E-state index is 11.0. The van der Waals surface area contributed by atoms with E-state index >= 15 is 0 Å². The fourth-order valence-corrected chi connectivity index (χ4v) is 3.04. The first-order chi connectivity index (χ1) is 10.0. The smallest absolute Gasteiger partial charge is 0.231 e. The Morgan fingerprint density at radius 3 is 2.43 bits per heavy atom. The summed E-state index contributed by atoms with van der Waals surface area (Å²) in [5, 5.41) is 0. The van der Waals surface area contributed by atoms with Gasteiger partial charge >= 0.3 is 0 Å². The second kappa shape index (κ2) is 6.94. The number of nitrogens with two attached hydrogens (primary N) is 1. The Morgan fingerprint density at radius 1 is 1.24 bits per heavy atom. The van der Waals surface area contributed by atoms with Gasteiger partial charge in [0.15, 0.2) is 0 Å². The van der Waals surface area contributed by atoms with Crippen molar-refractivity contribution >= 4 is 11.6 Å². The molecule has 1 heterocycles. The molecule has 1 aromatic carbocycles. The highest BCUT2D eigenvalue weighted by Crippen LogP contribution is 2.26. The summed E-state index contributed by atoms with van der Waals surface area (Å²) in [6.07, 6.45) is 1.07. The van der Waals surface area contributed by atoms with Crippen molar-refractivity contribution in [2.45, 2.75) is 33.1 Å². The summed E-state index contributed by atoms with van der Waals surface area (Å²) in [5.74, 6) is 0.333. The zero-order valence-electron chi connectivity index (χ0n) is 13.4. The molecule has 1 saturated heterocycles. The van der Waals surface area contributed by atoms with Crippen LogP contribution in [-0.4, -0.2) is 43.5 Å². The summed E-state index contributed by atoms with van der Waals surface area (Å²) in [4.78, 5) is 15.5. The highest BCUT2D eigenvalue weighted by atomic mass is 16.1. The van der Waals surface area contributed by atoms with Gasteiger partial charge in [-0.1, -0.05) is 26.8 Å². The van der Waals surface area contributed by atoms with Crippen LogP contribution in [0, 0.1) is 0 Å². The van der Waals surface area contributed by atoms with Gasteiger partial charge in [0, 0.05) is 31.9 Å². The molecule has 0 aliphatic carbocycles. The molecule has 21 heavy (non-hydrogen) atoms. The van der Waals surface area contributed by atoms with Gasteiger partial charge in [-0.25, -0.2) is 0 Å². The molecule has 0 unspecified atom stereocenters. The van der Waals surface area contributed by atoms with Crippen LogP contribution in [0.25, 0.3) is 0 Å². The number of nitrogens with zero attached hydrogens (tertiary/aromatic N) is 2. The Kier molecular flexibility index (Phi) is 5.23. The van der Waals surface area contributed by atoms with Gasteiger partial charge in [0.05, 0.1) is 6.54 Å². The van der Waals surface area contributed by atoms with E-state index in [1.165, 1.54) is 16.8 Å². The van der Waals surface area contributed by atoms with Crippen LogP contribution in [0.3, 0.4) is 0 Å². The number of aryl methyl sites for hydroxylation is 1. The number of benzene rings is 1. The van der Waals surface area contributed by atoms with Crippen molar-refractivity contribution in [1.29, 1.82) is 0 Å². The van der Waals surface area contributed by atoms with Crippen LogP contribution >= 0.6 is 0 Å². The molecular weight excluding hydrogens is 262 g/mol. The van der Waals surface area contributed by atoms with Gasteiger partial charge in [0.1, 0.15) is 0 Å². The minimum absolute atomic E-state index is 0.238. The van der Waals surface area contributed by atoms with Crippen molar-refractivity contribution in [3.63, 3.8) is 0 Å². The van der Waals surface area contributed by atoms with Gasteiger partial charge in [-0.2, -0.15) is 0 Å². The van der Waals surface area contributed by atoms with E-state index in [0.29, 0.717) is 12.5 Å². The summed E-state index contributed by atoms with van der Waals surface area (Å²) in [6.45, 7) is 10.8. The molecule has 1 amide bonds. The maximum absolute atomic E-state index is 11.0. The lowest BCUT2D eigenvalue weighted by Gasteiger charge is -2.36. The molecular formula is C17H27N3O. The molecule has 0 radical (unpaired) electrons. The van der Waals surface area contributed by atoms with E-state index in [4.69, 9.17) is 5.73 Å². The topological polar surface area (TPSA) is 49.6 Å². The molecule has 1 fully saturated rings. The van der Waals surface area contributed by atoms with Gasteiger partial charge in [-0.05, 0) is 35.6 Å². The van der Waals surface area contributed by atoms with Crippen LogP contribution in [-0.2, 0) is 11.2 Å². The van der Waals surface area contributed by atoms with Crippen LogP contribution in [0.15, 0.2) is 18.2 Å². The van der Waals surface area contributed by atoms with Crippen LogP contribution in [0.1, 0.15) is 37.8 Å². The van der Waals surface area contributed by atoms with Crippen molar-refractivity contribution in [2.75, 3.05) is 37.6 Å². The first-order valence-corrected chi connectivity index (χ1v) is 7.89. The molecule has 0 spiro atoms. The van der Waals surface area contributed by atoms with Gasteiger partial charge < -0.3 is 10.6 Å². The Balaban J connectivity index is 2.05. The number of piperazine rings is 1. The molecule has 4 heteroatoms. The summed E-state index contributed by atoms with van der Waals surface area (Å²) in [7, 11) is 0. The molecule has 0 bridgehead atoms. The lowest BCUT2D eigenvalue weighted by Crippen LogP contribution is -2.48. The van der Waals surface area contributed by atoms with Crippen molar-refractivity contribution < 1.29 is 4.79 Å². The van der Waals surface area contributed by atoms with E-state index in [1.807, 2.05) is 0 Å². The molecule has 1 aliphatic heterocycles. The molecule has 2 rings (SSSR count). The number of primary amides is 1. The van der Waals surface area contributed by atoms with E-state index in [2.05, 4.69) is 48.8 Å². The van der Waals surface area contributed by atoms with Crippen LogP contribution in [0.4, 0.5) is 5.69 Å². The quantitative estimate of drug-likeness (QED) is 0.901. The number of anilines is 1. The standard InChI is InChI=1S/C17H27N3O/c1-4-14-11-15(5-6-16(14)13(2)3)20-9-7-19(8-10-20)12-17(18)21/h5-6,11,13H,4,7-10,12H2,1-3H3,(H2,18,21). The van der Waals surface area contributed by atoms with Crippen molar-refractivity contribution in [3.8, 4) is 0 Å². The Hall–Kier alpha value is -1.55. The van der Waals surface area contributed by atoms with Gasteiger partial charge in [0.25, 0.3) is 0 Å². The normalized spacial score (nSPS) is 16.5. The SMILES string of the molecule is CCc1cc(N2CCN(CC(N)=O)CC2)ccc1C(C)C. The summed E-state index contributed by atoms with van der Waals surface area (Å²) in [6, 6.07) is 6.84. The van der Waals surface area contributed by atoms with E-state index in [1.54, 1.807) is 0 Å². The molecule has 1 aliphatic rings. The van der Waals surface area contributed by atoms with Crippen molar-refractivity contribution in [2.24, 2.45) is 5.73 Å². The zero-order valence-corrected chi connectivity index (χ0v) is 13.4. The fourth-order valence-electron chi connectivity index (χ4n) is 3.04. The van der Waals surface area contributed by atoms with Crippen LogP contribution in [0.2, 0.25) is 0 Å². The maximum Gasteiger partial charge on any atom is 0.231 e. The Labute approximate surface area is 127 Å². The van der Waals surface area contributed by atoms with Crippen molar-refractivity contribution in [3.05, 3.63) is 29.3 Å². The average Bonchev–Trinajstić information content (AvgIpc) is 2.46. The van der Waals surface area contributed by atoms with E-state index in [9.17, 15) is 4.79 Å². The molecule has 0 saturated carbocycles. The lowest BCUT2D eigenvalue weighted by atomic mass is 9.95. The van der Waals surface area contributed by atoms with E-state index < -0.39 is 0 Å². The van der Waals surface area contributed by atoms with Crippen LogP contribution in [0.5, 0.6) is 0 Å². The minimum Gasteiger partial charge on any atom is -0.369 e. The fraction of sp³-hybridized carbons (Fsp3) is 0.588. The number of rotatable bonds is 5. The second-order valence-electron chi connectivity index (χ2n) is 6.12. The van der Waals surface area contributed by atoms with E-state index in [0.717, 1.165) is 32.6 Å². The molecule has 1 aromatic rings. The van der Waals surface area contributed by atoms with Crippen molar-refractivity contribution in [1.82, 2.24) is 4.90 Å². The van der Waals surface area contributed by atoms with Gasteiger partial charge in [0.2, 0.25) is 5.91 Å². The van der Waals surface area contributed by atoms with E-state index in [-0.39, 0.29) is 5.91 Å². The minimum atomic E-state index is -0.238. The third-order valence-electron chi connectivity index (χ3n) is 4.25. The Bertz CT molecular complexity index is 491. The first-order valence-electron chi connectivity index (χ1n) is 7.89. The number of hydrogen-bond acceptors (Lipinski definition) is 3. The molecule has 0 atom stereocenters. The lowest BCUT2D eigenvalue weighted by molar-refractivity contribution is -0.119. The highest BCUT2D eigenvalue weighted by Gasteiger charge is 2.19. The number of carbonyl (C=O) groups is 1. The number of carbonyl (C=O) groups excluding carboxylic acids is 1. The third-order valence-corrected chi connectivity index (χ3v) is 4.25. The van der Waals surface area contributed by atoms with Gasteiger partial charge in [-0.3, -0.25) is 9.69 Å². The monoisotopic (exact) mass is 289 g/mol. The first kappa shape index (κ1) is 15.8. The molecule has 4 nitrogen and oxygen atoms in total. The summed E-state index contributed by atoms with van der Waals surface area (Å²) in [5.41, 5.74) is 9.46. The van der Waals surface area contributed by atoms with Gasteiger partial charge in [-0.15, -0.1) is 0 Å². The molecule has 0 aromatic heterocycles. The van der Waals surface area contributed by atoms with Crippen LogP contribution < -0.4 is 10.6 Å². The second-order valence-corrected chi connectivity index (χ2v) is 6.12. The number of amides is 1. The third kappa shape index (κ3) is 3.97. The molecule has 116 valence electrons. The predicted molar refractivity (Wildman–Crippen MR) is 87.8 cm³/mol. The highest BCUT2D eigenvalue weighted by molar-refractivity contribution is 5.76. The predicted octanol–water partition coefficient (Wildman–Crippen LogP) is 1.98. The zero-order chi connectivity index (χ0) is 15.4. The average molecular weight is 289 g/mol. The molecule has 2 N–H and O–H groups in total.